The Hall–Kier alpha value is -1.03. The van der Waals surface area contributed by atoms with Gasteiger partial charge in [0, 0.05) is 50.4 Å². The van der Waals surface area contributed by atoms with Crippen LogP contribution in [0.15, 0.2) is 42.5 Å². The minimum atomic E-state index is -0.0146. The van der Waals surface area contributed by atoms with E-state index >= 15 is 0 Å². The Labute approximate surface area is 208 Å². The van der Waals surface area contributed by atoms with E-state index in [1.54, 1.807) is 0 Å². The third kappa shape index (κ3) is 5.61. The molecule has 1 atom stereocenters. The van der Waals surface area contributed by atoms with Crippen LogP contribution in [0.5, 0.6) is 0 Å². The third-order valence-electron chi connectivity index (χ3n) is 6.77. The summed E-state index contributed by atoms with van der Waals surface area (Å²) >= 11 is 0. The molecule has 1 fully saturated rings. The molecule has 2 aromatic carbocycles. The number of aryl methyl sites for hydroxylation is 3. The SMILES string of the molecule is CCc1ccccc1C[N+]1(C(CC)C(=O)Nc2c(C)cccc2C)CCCCC1.[Y]. The van der Waals surface area contributed by atoms with Crippen molar-refractivity contribution in [1.82, 2.24) is 0 Å². The van der Waals surface area contributed by atoms with E-state index in [4.69, 9.17) is 0 Å². The molecule has 1 radical (unpaired) electrons. The van der Waals surface area contributed by atoms with E-state index in [9.17, 15) is 4.79 Å². The first kappa shape index (κ1) is 25.2. The molecule has 30 heavy (non-hydrogen) atoms. The molecule has 1 unspecified atom stereocenters. The topological polar surface area (TPSA) is 29.1 Å². The van der Waals surface area contributed by atoms with Gasteiger partial charge in [0.15, 0.2) is 6.04 Å². The van der Waals surface area contributed by atoms with Gasteiger partial charge < -0.3 is 9.80 Å². The smallest absolute Gasteiger partial charge is 0.282 e. The van der Waals surface area contributed by atoms with Crippen LogP contribution in [0.1, 0.15) is 61.8 Å². The number of piperidine rings is 1. The second-order valence-electron chi connectivity index (χ2n) is 8.69. The van der Waals surface area contributed by atoms with E-state index in [-0.39, 0.29) is 44.7 Å². The number of para-hydroxylation sites is 1. The van der Waals surface area contributed by atoms with Crippen molar-refractivity contribution in [2.45, 2.75) is 72.4 Å². The fourth-order valence-electron chi connectivity index (χ4n) is 5.16. The Morgan fingerprint density at radius 1 is 0.933 bits per heavy atom. The van der Waals surface area contributed by atoms with Gasteiger partial charge in [-0.2, -0.15) is 0 Å². The first-order valence-corrected chi connectivity index (χ1v) is 11.3. The van der Waals surface area contributed by atoms with Gasteiger partial charge in [-0.25, -0.2) is 0 Å². The van der Waals surface area contributed by atoms with E-state index in [0.29, 0.717) is 0 Å². The first-order valence-electron chi connectivity index (χ1n) is 11.3. The monoisotopic (exact) mass is 482 g/mol. The molecule has 1 heterocycles. The Bertz CT molecular complexity index is 822. The van der Waals surface area contributed by atoms with Gasteiger partial charge in [-0.05, 0) is 56.2 Å². The van der Waals surface area contributed by atoms with Crippen LogP contribution in [0.3, 0.4) is 0 Å². The normalized spacial score (nSPS) is 16.4. The molecule has 1 N–H and O–H groups in total. The number of hydrogen-bond acceptors (Lipinski definition) is 1. The van der Waals surface area contributed by atoms with Crippen LogP contribution in [0.4, 0.5) is 5.69 Å². The summed E-state index contributed by atoms with van der Waals surface area (Å²) in [6.07, 6.45) is 5.61. The van der Waals surface area contributed by atoms with Gasteiger partial charge in [0.05, 0.1) is 13.1 Å². The number of carbonyl (C=O) groups excluding carboxylic acids is 1. The predicted octanol–water partition coefficient (Wildman–Crippen LogP) is 5.78. The maximum atomic E-state index is 13.6. The van der Waals surface area contributed by atoms with Crippen molar-refractivity contribution in [2.75, 3.05) is 18.4 Å². The van der Waals surface area contributed by atoms with Gasteiger partial charge >= 0.3 is 0 Å². The second kappa shape index (κ2) is 11.6. The minimum absolute atomic E-state index is 0. The quantitative estimate of drug-likeness (QED) is 0.498. The van der Waals surface area contributed by atoms with Crippen molar-refractivity contribution < 1.29 is 42.0 Å². The fourth-order valence-corrected chi connectivity index (χ4v) is 5.16. The third-order valence-corrected chi connectivity index (χ3v) is 6.77. The van der Waals surface area contributed by atoms with Crippen molar-refractivity contribution in [3.05, 3.63) is 64.7 Å². The molecule has 3 rings (SSSR count). The van der Waals surface area contributed by atoms with Gasteiger partial charge in [0.2, 0.25) is 0 Å². The van der Waals surface area contributed by atoms with Gasteiger partial charge in [0.25, 0.3) is 5.91 Å². The summed E-state index contributed by atoms with van der Waals surface area (Å²) in [5.41, 5.74) is 6.08. The molecule has 0 bridgehead atoms. The number of quaternary nitrogens is 1. The number of carbonyl (C=O) groups is 1. The molecule has 1 aliphatic heterocycles. The molecule has 1 amide bonds. The molecule has 3 nitrogen and oxygen atoms in total. The van der Waals surface area contributed by atoms with Gasteiger partial charge in [-0.3, -0.25) is 4.79 Å². The summed E-state index contributed by atoms with van der Waals surface area (Å²) in [5.74, 6) is 0.181. The van der Waals surface area contributed by atoms with E-state index in [1.165, 1.54) is 30.4 Å². The van der Waals surface area contributed by atoms with Gasteiger partial charge in [-0.1, -0.05) is 56.3 Å². The molecule has 0 aromatic heterocycles. The van der Waals surface area contributed by atoms with Crippen LogP contribution in [-0.4, -0.2) is 29.5 Å². The average molecular weight is 483 g/mol. The molecular formula is C26H37N2OY+. The zero-order chi connectivity index (χ0) is 20.9. The van der Waals surface area contributed by atoms with Crippen molar-refractivity contribution in [3.8, 4) is 0 Å². The number of hydrogen-bond donors (Lipinski definition) is 1. The van der Waals surface area contributed by atoms with Crippen LogP contribution < -0.4 is 5.32 Å². The zero-order valence-electron chi connectivity index (χ0n) is 19.2. The number of anilines is 1. The summed E-state index contributed by atoms with van der Waals surface area (Å²) in [4.78, 5) is 13.6. The van der Waals surface area contributed by atoms with Crippen LogP contribution in [0, 0.1) is 13.8 Å². The Morgan fingerprint density at radius 2 is 1.53 bits per heavy atom. The summed E-state index contributed by atoms with van der Waals surface area (Å²) in [7, 11) is 0. The summed E-state index contributed by atoms with van der Waals surface area (Å²) in [6.45, 7) is 11.7. The standard InChI is InChI=1S/C26H36N2O.Y/c1-5-22-15-8-9-16-23(22)19-28(17-10-7-11-18-28)24(6-2)26(29)27-25-20(3)13-12-14-21(25)4;/h8-9,12-16,24H,5-7,10-11,17-19H2,1-4H3;/p+1. The van der Waals surface area contributed by atoms with Crippen LogP contribution in [-0.2, 0) is 50.5 Å². The van der Waals surface area contributed by atoms with Crippen molar-refractivity contribution >= 4 is 11.6 Å². The molecule has 0 saturated carbocycles. The van der Waals surface area contributed by atoms with Crippen LogP contribution in [0.2, 0.25) is 0 Å². The number of nitrogens with zero attached hydrogens (tertiary/aromatic N) is 1. The maximum absolute atomic E-state index is 13.6. The minimum Gasteiger partial charge on any atom is -0.320 e. The van der Waals surface area contributed by atoms with Crippen LogP contribution in [0.25, 0.3) is 0 Å². The Morgan fingerprint density at radius 3 is 2.10 bits per heavy atom. The molecule has 159 valence electrons. The van der Waals surface area contributed by atoms with Gasteiger partial charge in [-0.15, -0.1) is 0 Å². The molecule has 1 saturated heterocycles. The van der Waals surface area contributed by atoms with Crippen LogP contribution >= 0.6 is 0 Å². The Kier molecular flexibility index (Phi) is 9.72. The molecule has 0 aliphatic carbocycles. The van der Waals surface area contributed by atoms with Crippen molar-refractivity contribution in [1.29, 1.82) is 0 Å². The van der Waals surface area contributed by atoms with E-state index < -0.39 is 0 Å². The number of benzene rings is 2. The number of rotatable bonds is 7. The van der Waals surface area contributed by atoms with Gasteiger partial charge in [0.1, 0.15) is 6.54 Å². The summed E-state index contributed by atoms with van der Waals surface area (Å²) in [6, 6.07) is 15.0. The second-order valence-corrected chi connectivity index (χ2v) is 8.69. The van der Waals surface area contributed by atoms with E-state index in [2.05, 4.69) is 75.5 Å². The molecule has 1 aliphatic rings. The predicted molar refractivity (Wildman–Crippen MR) is 122 cm³/mol. The summed E-state index contributed by atoms with van der Waals surface area (Å²) < 4.78 is 0.893. The maximum Gasteiger partial charge on any atom is 0.282 e. The molecule has 4 heteroatoms. The summed E-state index contributed by atoms with van der Waals surface area (Å²) in [5, 5.41) is 3.31. The van der Waals surface area contributed by atoms with Crippen molar-refractivity contribution in [3.63, 3.8) is 0 Å². The van der Waals surface area contributed by atoms with E-state index in [1.807, 2.05) is 0 Å². The Balaban J connectivity index is 0.00000320. The molecule has 0 spiro atoms. The zero-order valence-corrected chi connectivity index (χ0v) is 22.0. The van der Waals surface area contributed by atoms with E-state index in [0.717, 1.165) is 53.8 Å². The largest absolute Gasteiger partial charge is 0.320 e. The number of amides is 1. The fraction of sp³-hybridized carbons (Fsp3) is 0.500. The molecular weight excluding hydrogens is 445 g/mol. The molecule has 2 aromatic rings. The average Bonchev–Trinajstić information content (AvgIpc) is 2.72. The first-order chi connectivity index (χ1) is 14.0. The number of likely N-dealkylation sites (tertiary alicyclic amines) is 1. The van der Waals surface area contributed by atoms with Crippen molar-refractivity contribution in [2.24, 2.45) is 0 Å². The number of nitrogens with one attached hydrogen (secondary N) is 1.